The van der Waals surface area contributed by atoms with Gasteiger partial charge < -0.3 is 4.57 Å². The molecule has 0 radical (unpaired) electrons. The van der Waals surface area contributed by atoms with E-state index in [2.05, 4.69) is 38.5 Å². The third-order valence-electron chi connectivity index (χ3n) is 4.73. The van der Waals surface area contributed by atoms with Crippen LogP contribution in [-0.4, -0.2) is 25.0 Å². The topological polar surface area (TPSA) is 47.8 Å². The highest BCUT2D eigenvalue weighted by Gasteiger charge is 2.19. The van der Waals surface area contributed by atoms with E-state index in [9.17, 15) is 4.21 Å². The zero-order chi connectivity index (χ0) is 18.3. The zero-order valence-electron chi connectivity index (χ0n) is 15.7. The zero-order valence-corrected chi connectivity index (χ0v) is 17.3. The minimum absolute atomic E-state index is 0.452. The van der Waals surface area contributed by atoms with Crippen LogP contribution in [-0.2, 0) is 10.8 Å². The van der Waals surface area contributed by atoms with Gasteiger partial charge in [0.1, 0.15) is 11.2 Å². The van der Waals surface area contributed by atoms with Crippen LogP contribution in [0.15, 0.2) is 16.5 Å². The van der Waals surface area contributed by atoms with Gasteiger partial charge in [-0.25, -0.2) is 9.97 Å². The molecular formula is C19H25N3OS2. The molecule has 0 saturated carbocycles. The van der Waals surface area contributed by atoms with Gasteiger partial charge in [-0.1, -0.05) is 13.8 Å². The summed E-state index contributed by atoms with van der Waals surface area (Å²) in [6.07, 6.45) is 6.06. The number of hydrogen-bond acceptors (Lipinski definition) is 4. The maximum Gasteiger partial charge on any atom is 0.159 e. The predicted octanol–water partition coefficient (Wildman–Crippen LogP) is 5.18. The molecule has 4 nitrogen and oxygen atoms in total. The second-order valence-corrected chi connectivity index (χ2v) is 9.21. The third-order valence-corrected chi connectivity index (χ3v) is 7.41. The summed E-state index contributed by atoms with van der Waals surface area (Å²) in [4.78, 5) is 11.0. The molecule has 3 aromatic rings. The fourth-order valence-corrected chi connectivity index (χ4v) is 5.30. The Morgan fingerprint density at radius 2 is 1.84 bits per heavy atom. The molecule has 3 aromatic heterocycles. The van der Waals surface area contributed by atoms with Crippen molar-refractivity contribution in [2.24, 2.45) is 0 Å². The molecule has 6 heteroatoms. The monoisotopic (exact) mass is 375 g/mol. The van der Waals surface area contributed by atoms with E-state index in [-0.39, 0.29) is 0 Å². The van der Waals surface area contributed by atoms with Gasteiger partial charge in [-0.05, 0) is 50.8 Å². The molecular weight excluding hydrogens is 350 g/mol. The van der Waals surface area contributed by atoms with E-state index in [0.29, 0.717) is 6.04 Å². The minimum atomic E-state index is -0.969. The van der Waals surface area contributed by atoms with E-state index in [4.69, 9.17) is 9.97 Å². The average Bonchev–Trinajstić information content (AvgIpc) is 3.09. The third kappa shape index (κ3) is 3.17. The van der Waals surface area contributed by atoms with Crippen LogP contribution in [0.5, 0.6) is 0 Å². The van der Waals surface area contributed by atoms with E-state index in [1.165, 1.54) is 0 Å². The standard InChI is InChI=1S/C19H25N3OS2/c1-7-14(8-2)22-10-12(4)16-19(22)20-13(5)17(21-16)18-11(3)9-15(24-18)25(6)23/h9-10,14H,7-8H2,1-6H3. The smallest absolute Gasteiger partial charge is 0.159 e. The van der Waals surface area contributed by atoms with Crippen LogP contribution >= 0.6 is 11.3 Å². The summed E-state index contributed by atoms with van der Waals surface area (Å²) >= 11 is 1.56. The fraction of sp³-hybridized carbons (Fsp3) is 0.474. The van der Waals surface area contributed by atoms with Crippen LogP contribution in [0.1, 0.15) is 49.6 Å². The van der Waals surface area contributed by atoms with E-state index >= 15 is 0 Å². The van der Waals surface area contributed by atoms with Gasteiger partial charge in [0.25, 0.3) is 0 Å². The molecule has 0 aliphatic rings. The highest BCUT2D eigenvalue weighted by atomic mass is 32.2. The van der Waals surface area contributed by atoms with Gasteiger partial charge >= 0.3 is 0 Å². The number of aryl methyl sites for hydroxylation is 3. The highest BCUT2D eigenvalue weighted by Crippen LogP contribution is 2.36. The Labute approximate surface area is 155 Å². The van der Waals surface area contributed by atoms with Crippen molar-refractivity contribution in [2.45, 2.75) is 57.7 Å². The number of nitrogens with zero attached hydrogens (tertiary/aromatic N) is 3. The molecule has 134 valence electrons. The molecule has 0 aliphatic carbocycles. The van der Waals surface area contributed by atoms with Gasteiger partial charge in [0.15, 0.2) is 5.65 Å². The molecule has 0 bridgehead atoms. The lowest BCUT2D eigenvalue weighted by Gasteiger charge is -2.16. The van der Waals surface area contributed by atoms with Crippen molar-refractivity contribution in [2.75, 3.05) is 6.26 Å². The first-order valence-corrected chi connectivity index (χ1v) is 11.0. The summed E-state index contributed by atoms with van der Waals surface area (Å²) in [6, 6.07) is 2.46. The molecule has 0 aromatic carbocycles. The summed E-state index contributed by atoms with van der Waals surface area (Å²) in [6.45, 7) is 10.6. The van der Waals surface area contributed by atoms with Crippen LogP contribution in [0.2, 0.25) is 0 Å². The second kappa shape index (κ2) is 7.00. The average molecular weight is 376 g/mol. The van der Waals surface area contributed by atoms with Gasteiger partial charge in [-0.2, -0.15) is 0 Å². The first kappa shape index (κ1) is 18.3. The second-order valence-electron chi connectivity index (χ2n) is 6.55. The maximum atomic E-state index is 11.8. The van der Waals surface area contributed by atoms with E-state index in [1.807, 2.05) is 13.0 Å². The number of aromatic nitrogens is 3. The first-order valence-electron chi connectivity index (χ1n) is 8.67. The molecule has 3 rings (SSSR count). The van der Waals surface area contributed by atoms with E-state index < -0.39 is 10.8 Å². The summed E-state index contributed by atoms with van der Waals surface area (Å²) in [5.41, 5.74) is 6.06. The molecule has 0 fully saturated rings. The fourth-order valence-electron chi connectivity index (χ4n) is 3.29. The van der Waals surface area contributed by atoms with Crippen LogP contribution < -0.4 is 0 Å². The van der Waals surface area contributed by atoms with E-state index in [0.717, 1.165) is 55.6 Å². The number of hydrogen-bond donors (Lipinski definition) is 0. The molecule has 0 spiro atoms. The quantitative estimate of drug-likeness (QED) is 0.617. The van der Waals surface area contributed by atoms with Crippen molar-refractivity contribution in [3.8, 4) is 10.6 Å². The summed E-state index contributed by atoms with van der Waals surface area (Å²) in [5.74, 6) is 0. The minimum Gasteiger partial charge on any atom is -0.328 e. The van der Waals surface area contributed by atoms with Crippen LogP contribution in [0, 0.1) is 20.8 Å². The predicted molar refractivity (Wildman–Crippen MR) is 107 cm³/mol. The Morgan fingerprint density at radius 3 is 2.40 bits per heavy atom. The summed E-state index contributed by atoms with van der Waals surface area (Å²) in [7, 11) is -0.969. The molecule has 1 unspecified atom stereocenters. The molecule has 0 N–H and O–H groups in total. The molecule has 3 heterocycles. The van der Waals surface area contributed by atoms with Crippen molar-refractivity contribution < 1.29 is 4.21 Å². The molecule has 0 saturated heterocycles. The SMILES string of the molecule is CCC(CC)n1cc(C)c2nc(-c3sc(S(C)=O)cc3C)c(C)nc21. The molecule has 0 aliphatic heterocycles. The van der Waals surface area contributed by atoms with Crippen molar-refractivity contribution in [3.05, 3.63) is 29.1 Å². The Bertz CT molecular complexity index is 951. The van der Waals surface area contributed by atoms with Crippen molar-refractivity contribution in [1.29, 1.82) is 0 Å². The van der Waals surface area contributed by atoms with Crippen molar-refractivity contribution in [3.63, 3.8) is 0 Å². The van der Waals surface area contributed by atoms with Crippen LogP contribution in [0.3, 0.4) is 0 Å². The number of rotatable bonds is 5. The van der Waals surface area contributed by atoms with Crippen LogP contribution in [0.25, 0.3) is 21.7 Å². The molecule has 25 heavy (non-hydrogen) atoms. The first-order chi connectivity index (χ1) is 11.9. The molecule has 0 amide bonds. The lowest BCUT2D eigenvalue weighted by Crippen LogP contribution is -2.07. The van der Waals surface area contributed by atoms with Gasteiger partial charge in [0, 0.05) is 18.5 Å². The largest absolute Gasteiger partial charge is 0.328 e. The molecule has 1 atom stereocenters. The number of thiophene rings is 1. The maximum absolute atomic E-state index is 11.8. The Kier molecular flexibility index (Phi) is 5.11. The Balaban J connectivity index is 2.21. The Morgan fingerprint density at radius 1 is 1.16 bits per heavy atom. The lowest BCUT2D eigenvalue weighted by molar-refractivity contribution is 0.482. The summed E-state index contributed by atoms with van der Waals surface area (Å²) in [5, 5.41) is 0. The van der Waals surface area contributed by atoms with Crippen LogP contribution in [0.4, 0.5) is 0 Å². The Hall–Kier alpha value is -1.53. The van der Waals surface area contributed by atoms with Crippen molar-refractivity contribution in [1.82, 2.24) is 14.5 Å². The summed E-state index contributed by atoms with van der Waals surface area (Å²) < 4.78 is 15.0. The normalized spacial score (nSPS) is 13.1. The highest BCUT2D eigenvalue weighted by molar-refractivity contribution is 7.86. The van der Waals surface area contributed by atoms with E-state index in [1.54, 1.807) is 17.6 Å². The van der Waals surface area contributed by atoms with Gasteiger partial charge in [0.2, 0.25) is 0 Å². The van der Waals surface area contributed by atoms with Crippen molar-refractivity contribution >= 4 is 33.3 Å². The number of fused-ring (bicyclic) bond motifs is 1. The van der Waals surface area contributed by atoms with Gasteiger partial charge in [0.05, 0.1) is 25.6 Å². The van der Waals surface area contributed by atoms with Gasteiger partial charge in [-0.3, -0.25) is 4.21 Å². The van der Waals surface area contributed by atoms with Gasteiger partial charge in [-0.15, -0.1) is 11.3 Å². The lowest BCUT2D eigenvalue weighted by atomic mass is 10.2.